The van der Waals surface area contributed by atoms with Crippen LogP contribution in [0, 0.1) is 13.5 Å². The van der Waals surface area contributed by atoms with Crippen LogP contribution in [0.4, 0.5) is 5.82 Å². The molecule has 0 aliphatic carbocycles. The van der Waals surface area contributed by atoms with Gasteiger partial charge in [-0.2, -0.15) is 0 Å². The second-order valence-corrected chi connectivity index (χ2v) is 4.66. The zero-order valence-electron chi connectivity index (χ0n) is 9.70. The van der Waals surface area contributed by atoms with Crippen LogP contribution in [0.3, 0.4) is 0 Å². The molecule has 0 fully saturated rings. The van der Waals surface area contributed by atoms with Crippen molar-refractivity contribution in [2.45, 2.75) is 25.9 Å². The number of hydrogen-bond donors (Lipinski definition) is 1. The van der Waals surface area contributed by atoms with Crippen molar-refractivity contribution in [3.05, 3.63) is 34.8 Å². The van der Waals surface area contributed by atoms with E-state index in [1.54, 1.807) is 13.0 Å². The van der Waals surface area contributed by atoms with Crippen LogP contribution in [0.15, 0.2) is 12.3 Å². The molecule has 0 saturated heterocycles. The van der Waals surface area contributed by atoms with Crippen LogP contribution in [0.1, 0.15) is 18.1 Å². The minimum atomic E-state index is -1.37. The van der Waals surface area contributed by atoms with Crippen LogP contribution in [-0.4, -0.2) is 26.8 Å². The summed E-state index contributed by atoms with van der Waals surface area (Å²) < 4.78 is 0. The monoisotopic (exact) mass is 296 g/mol. The lowest BCUT2D eigenvalue weighted by atomic mass is 9.97. The van der Waals surface area contributed by atoms with Gasteiger partial charge < -0.3 is 9.95 Å². The standard InChI is InChI=1S/C12H13BrN2O2/c1-8-4-9(6-15-11(8)14-3)5-10(16)12(2,17)7-13/h4,6,17H,5,7H2,1-2H3/t12-/m0/s1. The van der Waals surface area contributed by atoms with E-state index in [0.717, 1.165) is 5.56 Å². The number of hydrogen-bond acceptors (Lipinski definition) is 3. The molecule has 0 saturated carbocycles. The van der Waals surface area contributed by atoms with Crippen molar-refractivity contribution in [3.8, 4) is 0 Å². The molecule has 1 rings (SSSR count). The number of carbonyl (C=O) groups is 1. The van der Waals surface area contributed by atoms with Gasteiger partial charge in [-0.25, -0.2) is 0 Å². The average molecular weight is 297 g/mol. The van der Waals surface area contributed by atoms with Crippen LogP contribution in [0.25, 0.3) is 4.85 Å². The fourth-order valence-corrected chi connectivity index (χ4v) is 1.60. The molecule has 5 heteroatoms. The molecule has 1 aromatic heterocycles. The predicted octanol–water partition coefficient (Wildman–Crippen LogP) is 2.20. The first-order chi connectivity index (χ1) is 7.90. The number of pyridine rings is 1. The van der Waals surface area contributed by atoms with Gasteiger partial charge in [0.2, 0.25) is 0 Å². The van der Waals surface area contributed by atoms with Gasteiger partial charge >= 0.3 is 0 Å². The van der Waals surface area contributed by atoms with Gasteiger partial charge in [0, 0.05) is 17.3 Å². The summed E-state index contributed by atoms with van der Waals surface area (Å²) in [7, 11) is 0. The Morgan fingerprint density at radius 1 is 1.71 bits per heavy atom. The molecule has 0 aromatic carbocycles. The summed E-state index contributed by atoms with van der Waals surface area (Å²) in [6.07, 6.45) is 1.62. The SMILES string of the molecule is [C-]#[N+]c1ncc(CC(=O)[C@@](C)(O)CBr)cc1C. The van der Waals surface area contributed by atoms with Crippen molar-refractivity contribution in [3.63, 3.8) is 0 Å². The summed E-state index contributed by atoms with van der Waals surface area (Å²) in [6.45, 7) is 10.1. The Morgan fingerprint density at radius 3 is 2.82 bits per heavy atom. The number of alkyl halides is 1. The molecule has 17 heavy (non-hydrogen) atoms. The first-order valence-corrected chi connectivity index (χ1v) is 6.17. The Bertz CT molecular complexity index is 478. The Kier molecular flexibility index (Phi) is 4.38. The lowest BCUT2D eigenvalue weighted by Crippen LogP contribution is -2.38. The first-order valence-electron chi connectivity index (χ1n) is 5.05. The molecule has 0 radical (unpaired) electrons. The molecule has 0 amide bonds. The maximum Gasteiger partial charge on any atom is 0.272 e. The summed E-state index contributed by atoms with van der Waals surface area (Å²) in [4.78, 5) is 19.0. The molecule has 0 aliphatic rings. The highest BCUT2D eigenvalue weighted by Crippen LogP contribution is 2.18. The van der Waals surface area contributed by atoms with E-state index in [1.807, 2.05) is 0 Å². The van der Waals surface area contributed by atoms with Crippen LogP contribution >= 0.6 is 15.9 Å². The van der Waals surface area contributed by atoms with Crippen molar-refractivity contribution >= 4 is 27.5 Å². The molecule has 90 valence electrons. The smallest absolute Gasteiger partial charge is 0.272 e. The van der Waals surface area contributed by atoms with E-state index in [0.29, 0.717) is 11.4 Å². The van der Waals surface area contributed by atoms with Crippen LogP contribution < -0.4 is 0 Å². The number of ketones is 1. The minimum absolute atomic E-state index is 0.116. The third-order valence-corrected chi connectivity index (χ3v) is 3.53. The van der Waals surface area contributed by atoms with E-state index in [9.17, 15) is 9.90 Å². The van der Waals surface area contributed by atoms with E-state index in [4.69, 9.17) is 6.57 Å². The number of rotatable bonds is 4. The molecule has 1 heterocycles. The van der Waals surface area contributed by atoms with Crippen LogP contribution in [0.2, 0.25) is 0 Å². The Morgan fingerprint density at radius 2 is 2.35 bits per heavy atom. The molecule has 0 unspecified atom stereocenters. The van der Waals surface area contributed by atoms with Crippen LogP contribution in [-0.2, 0) is 11.2 Å². The number of aryl methyl sites for hydroxylation is 1. The molecule has 1 atom stereocenters. The zero-order chi connectivity index (χ0) is 13.1. The van der Waals surface area contributed by atoms with E-state index in [2.05, 4.69) is 25.8 Å². The first kappa shape index (κ1) is 13.8. The van der Waals surface area contributed by atoms with Gasteiger partial charge in [-0.1, -0.05) is 28.6 Å². The Balaban J connectivity index is 2.88. The molecule has 1 N–H and O–H groups in total. The van der Waals surface area contributed by atoms with Crippen molar-refractivity contribution in [2.75, 3.05) is 5.33 Å². The number of halogens is 1. The third-order valence-electron chi connectivity index (χ3n) is 2.44. The molecular weight excluding hydrogens is 284 g/mol. The predicted molar refractivity (Wildman–Crippen MR) is 68.4 cm³/mol. The second kappa shape index (κ2) is 5.39. The molecule has 4 nitrogen and oxygen atoms in total. The lowest BCUT2D eigenvalue weighted by Gasteiger charge is -2.18. The summed E-state index contributed by atoms with van der Waals surface area (Å²) in [5.41, 5.74) is 0.0803. The number of aliphatic hydroxyl groups is 1. The quantitative estimate of drug-likeness (QED) is 0.684. The van der Waals surface area contributed by atoms with Gasteiger partial charge in [0.1, 0.15) is 11.8 Å². The zero-order valence-corrected chi connectivity index (χ0v) is 11.3. The van der Waals surface area contributed by atoms with Crippen molar-refractivity contribution < 1.29 is 9.90 Å². The molecular formula is C12H13BrN2O2. The van der Waals surface area contributed by atoms with Gasteiger partial charge in [0.15, 0.2) is 5.78 Å². The van der Waals surface area contributed by atoms with E-state index >= 15 is 0 Å². The highest BCUT2D eigenvalue weighted by atomic mass is 79.9. The maximum atomic E-state index is 11.8. The molecule has 1 aromatic rings. The summed E-state index contributed by atoms with van der Waals surface area (Å²) in [5.74, 6) is 0.0691. The van der Waals surface area contributed by atoms with E-state index in [-0.39, 0.29) is 17.5 Å². The highest BCUT2D eigenvalue weighted by Gasteiger charge is 2.28. The fraction of sp³-hybridized carbons (Fsp3) is 0.417. The Hall–Kier alpha value is -1.25. The fourth-order valence-electron chi connectivity index (χ4n) is 1.29. The summed E-state index contributed by atoms with van der Waals surface area (Å²) >= 11 is 3.10. The van der Waals surface area contributed by atoms with E-state index < -0.39 is 5.60 Å². The van der Waals surface area contributed by atoms with E-state index in [1.165, 1.54) is 13.1 Å². The molecule has 0 spiro atoms. The van der Waals surface area contributed by atoms with Crippen LogP contribution in [0.5, 0.6) is 0 Å². The molecule has 0 aliphatic heterocycles. The van der Waals surface area contributed by atoms with Gasteiger partial charge in [0.05, 0.1) is 0 Å². The largest absolute Gasteiger partial charge is 0.381 e. The molecule has 0 bridgehead atoms. The topological polar surface area (TPSA) is 54.5 Å². The summed E-state index contributed by atoms with van der Waals surface area (Å²) in [5, 5.41) is 9.96. The number of nitrogens with zero attached hydrogens (tertiary/aromatic N) is 2. The number of carbonyl (C=O) groups excluding carboxylic acids is 1. The average Bonchev–Trinajstić information content (AvgIpc) is 2.29. The number of aromatic nitrogens is 1. The van der Waals surface area contributed by atoms with Crippen molar-refractivity contribution in [1.29, 1.82) is 0 Å². The van der Waals surface area contributed by atoms with Gasteiger partial charge in [-0.15, -0.1) is 4.98 Å². The second-order valence-electron chi connectivity index (χ2n) is 4.10. The lowest BCUT2D eigenvalue weighted by molar-refractivity contribution is -0.132. The van der Waals surface area contributed by atoms with Gasteiger partial charge in [-0.05, 0) is 19.4 Å². The number of Topliss-reactive ketones (excluding diaryl/α,β-unsaturated/α-hetero) is 1. The summed E-state index contributed by atoms with van der Waals surface area (Å²) in [6, 6.07) is 1.75. The minimum Gasteiger partial charge on any atom is -0.381 e. The normalized spacial score (nSPS) is 13.8. The Labute approximate surface area is 109 Å². The van der Waals surface area contributed by atoms with Gasteiger partial charge in [-0.3, -0.25) is 4.79 Å². The maximum absolute atomic E-state index is 11.8. The van der Waals surface area contributed by atoms with Crippen molar-refractivity contribution in [1.82, 2.24) is 4.98 Å². The third kappa shape index (κ3) is 3.35. The van der Waals surface area contributed by atoms with Crippen molar-refractivity contribution in [2.24, 2.45) is 0 Å². The van der Waals surface area contributed by atoms with Gasteiger partial charge in [0.25, 0.3) is 5.82 Å². The highest BCUT2D eigenvalue weighted by molar-refractivity contribution is 9.09.